The molecule has 4 unspecified atom stereocenters. The monoisotopic (exact) mass is 534 g/mol. The molecule has 10 atom stereocenters. The van der Waals surface area contributed by atoms with Crippen molar-refractivity contribution in [1.82, 2.24) is 0 Å². The van der Waals surface area contributed by atoms with Crippen LogP contribution in [0.3, 0.4) is 0 Å². The molecule has 218 valence electrons. The molecule has 0 bridgehead atoms. The Hall–Kier alpha value is -1.14. The second-order valence-electron chi connectivity index (χ2n) is 15.8. The van der Waals surface area contributed by atoms with Gasteiger partial charge < -0.3 is 19.7 Å². The Bertz CT molecular complexity index is 891. The van der Waals surface area contributed by atoms with Crippen molar-refractivity contribution in [2.45, 2.75) is 143 Å². The van der Waals surface area contributed by atoms with Crippen molar-refractivity contribution in [3.8, 4) is 0 Å². The van der Waals surface area contributed by atoms with E-state index in [1.807, 2.05) is 20.8 Å². The Morgan fingerprint density at radius 1 is 0.816 bits per heavy atom. The molecule has 6 heteroatoms. The standard InChI is InChI=1S/C32H54O6/c1-27(2,35)13-9-14-32(8,36)21-10-16-31(7)26(21)22(37-19-33)18-24-29(5)15-12-25(38-20-34)28(3,4)23(29)11-17-30(24,31)6/h19-26,35-36H,9-18H2,1-8H3/t21?,22-,23?,24?,25+,26?,29+,30-,31-,32-/m1/s1. The summed E-state index contributed by atoms with van der Waals surface area (Å²) >= 11 is 0. The highest BCUT2D eigenvalue weighted by Crippen LogP contribution is 2.76. The maximum atomic E-state index is 11.9. The molecule has 4 fully saturated rings. The summed E-state index contributed by atoms with van der Waals surface area (Å²) in [4.78, 5) is 23.1. The summed E-state index contributed by atoms with van der Waals surface area (Å²) in [5.74, 6) is 0.964. The molecule has 4 aliphatic carbocycles. The van der Waals surface area contributed by atoms with Gasteiger partial charge in [-0.3, -0.25) is 9.59 Å². The maximum Gasteiger partial charge on any atom is 0.293 e. The van der Waals surface area contributed by atoms with Crippen LogP contribution < -0.4 is 0 Å². The normalized spacial score (nSPS) is 45.6. The zero-order chi connectivity index (χ0) is 28.4. The maximum absolute atomic E-state index is 11.9. The third-order valence-corrected chi connectivity index (χ3v) is 13.0. The number of carbonyl (C=O) groups is 2. The minimum atomic E-state index is -0.880. The molecule has 0 heterocycles. The van der Waals surface area contributed by atoms with Crippen LogP contribution in [0.4, 0.5) is 0 Å². The second kappa shape index (κ2) is 9.75. The quantitative estimate of drug-likeness (QED) is 0.350. The zero-order valence-corrected chi connectivity index (χ0v) is 25.2. The summed E-state index contributed by atoms with van der Waals surface area (Å²) in [7, 11) is 0. The minimum Gasteiger partial charge on any atom is -0.464 e. The van der Waals surface area contributed by atoms with Gasteiger partial charge in [0.2, 0.25) is 0 Å². The van der Waals surface area contributed by atoms with Gasteiger partial charge in [-0.1, -0.05) is 34.6 Å². The Labute approximate surface area is 230 Å². The highest BCUT2D eigenvalue weighted by atomic mass is 16.5. The SMILES string of the molecule is CC(C)(O)CCC[C@@](C)(O)C1CC[C@]2(C)C1[C@H](OC=O)CC1[C@@]3(C)CC[C@H](OC=O)C(C)(C)C3CC[C@]12C. The van der Waals surface area contributed by atoms with Crippen LogP contribution in [0.5, 0.6) is 0 Å². The molecule has 0 aromatic heterocycles. The van der Waals surface area contributed by atoms with Gasteiger partial charge in [-0.05, 0) is 119 Å². The fourth-order valence-corrected chi connectivity index (χ4v) is 11.0. The Morgan fingerprint density at radius 2 is 1.45 bits per heavy atom. The van der Waals surface area contributed by atoms with Gasteiger partial charge in [0.15, 0.2) is 0 Å². The fourth-order valence-electron chi connectivity index (χ4n) is 11.0. The molecule has 38 heavy (non-hydrogen) atoms. The summed E-state index contributed by atoms with van der Waals surface area (Å²) in [6, 6.07) is 0. The first kappa shape index (κ1) is 29.8. The molecule has 4 aliphatic rings. The van der Waals surface area contributed by atoms with E-state index in [1.54, 1.807) is 0 Å². The lowest BCUT2D eigenvalue weighted by molar-refractivity contribution is -0.249. The molecular weight excluding hydrogens is 480 g/mol. The molecule has 4 saturated carbocycles. The average Bonchev–Trinajstić information content (AvgIpc) is 3.17. The van der Waals surface area contributed by atoms with E-state index in [9.17, 15) is 19.8 Å². The third-order valence-electron chi connectivity index (χ3n) is 13.0. The van der Waals surface area contributed by atoms with Gasteiger partial charge in [-0.2, -0.15) is 0 Å². The average molecular weight is 535 g/mol. The van der Waals surface area contributed by atoms with Crippen LogP contribution in [0, 0.1) is 45.3 Å². The predicted molar refractivity (Wildman–Crippen MR) is 147 cm³/mol. The van der Waals surface area contributed by atoms with Gasteiger partial charge in [0.25, 0.3) is 12.9 Å². The summed E-state index contributed by atoms with van der Waals surface area (Å²) in [5, 5.41) is 22.1. The number of carbonyl (C=O) groups excluding carboxylic acids is 2. The largest absolute Gasteiger partial charge is 0.464 e. The topological polar surface area (TPSA) is 93.1 Å². The molecule has 2 N–H and O–H groups in total. The van der Waals surface area contributed by atoms with E-state index >= 15 is 0 Å². The molecule has 0 aromatic carbocycles. The Balaban J connectivity index is 1.68. The molecular formula is C32H54O6. The number of fused-ring (bicyclic) bond motifs is 5. The van der Waals surface area contributed by atoms with Crippen LogP contribution in [0.25, 0.3) is 0 Å². The number of ether oxygens (including phenoxy) is 2. The third kappa shape index (κ3) is 4.54. The van der Waals surface area contributed by atoms with Crippen molar-refractivity contribution in [2.24, 2.45) is 45.3 Å². The van der Waals surface area contributed by atoms with Gasteiger partial charge in [0.1, 0.15) is 12.2 Å². The number of hydrogen-bond donors (Lipinski definition) is 2. The molecule has 0 aliphatic heterocycles. The van der Waals surface area contributed by atoms with E-state index in [4.69, 9.17) is 9.47 Å². The highest BCUT2D eigenvalue weighted by Gasteiger charge is 2.72. The number of aliphatic hydroxyl groups is 2. The lowest BCUT2D eigenvalue weighted by Gasteiger charge is -2.70. The van der Waals surface area contributed by atoms with Crippen LogP contribution in [0.2, 0.25) is 0 Å². The molecule has 0 aromatic rings. The summed E-state index contributed by atoms with van der Waals surface area (Å²) < 4.78 is 11.6. The van der Waals surface area contributed by atoms with E-state index < -0.39 is 11.2 Å². The number of rotatable bonds is 9. The minimum absolute atomic E-state index is 0.0516. The second-order valence-corrected chi connectivity index (χ2v) is 15.8. The first-order valence-corrected chi connectivity index (χ1v) is 15.1. The van der Waals surface area contributed by atoms with E-state index in [0.717, 1.165) is 51.4 Å². The fraction of sp³-hybridized carbons (Fsp3) is 0.938. The Kier molecular flexibility index (Phi) is 7.65. The van der Waals surface area contributed by atoms with Crippen LogP contribution in [-0.4, -0.2) is 46.6 Å². The van der Waals surface area contributed by atoms with Crippen molar-refractivity contribution in [3.63, 3.8) is 0 Å². The van der Waals surface area contributed by atoms with E-state index in [1.165, 1.54) is 0 Å². The highest BCUT2D eigenvalue weighted by molar-refractivity contribution is 5.39. The molecule has 0 saturated heterocycles. The van der Waals surface area contributed by atoms with Crippen molar-refractivity contribution in [1.29, 1.82) is 0 Å². The van der Waals surface area contributed by atoms with Gasteiger partial charge in [-0.25, -0.2) is 0 Å². The smallest absolute Gasteiger partial charge is 0.293 e. The molecule has 4 rings (SSSR count). The summed E-state index contributed by atoms with van der Waals surface area (Å²) in [6.07, 6.45) is 8.61. The van der Waals surface area contributed by atoms with E-state index in [2.05, 4.69) is 34.6 Å². The first-order valence-electron chi connectivity index (χ1n) is 15.1. The van der Waals surface area contributed by atoms with E-state index in [0.29, 0.717) is 37.6 Å². The summed E-state index contributed by atoms with van der Waals surface area (Å²) in [5.41, 5.74) is -1.66. The molecule has 0 amide bonds. The predicted octanol–water partition coefficient (Wildman–Crippen LogP) is 6.06. The van der Waals surface area contributed by atoms with Crippen molar-refractivity contribution in [3.05, 3.63) is 0 Å². The van der Waals surface area contributed by atoms with Crippen molar-refractivity contribution in [2.75, 3.05) is 0 Å². The van der Waals surface area contributed by atoms with E-state index in [-0.39, 0.29) is 45.7 Å². The summed E-state index contributed by atoms with van der Waals surface area (Å²) in [6.45, 7) is 18.8. The molecule has 0 radical (unpaired) electrons. The van der Waals surface area contributed by atoms with Crippen molar-refractivity contribution >= 4 is 12.9 Å². The zero-order valence-electron chi connectivity index (χ0n) is 25.2. The number of hydrogen-bond acceptors (Lipinski definition) is 6. The van der Waals surface area contributed by atoms with Crippen LogP contribution in [0.1, 0.15) is 120 Å². The lowest BCUT2D eigenvalue weighted by Crippen LogP contribution is -2.67. The first-order chi connectivity index (χ1) is 17.5. The Morgan fingerprint density at radius 3 is 2.05 bits per heavy atom. The van der Waals surface area contributed by atoms with Gasteiger partial charge in [0.05, 0.1) is 11.2 Å². The molecule has 6 nitrogen and oxygen atoms in total. The van der Waals surface area contributed by atoms with Crippen LogP contribution in [0.15, 0.2) is 0 Å². The molecule has 0 spiro atoms. The van der Waals surface area contributed by atoms with Gasteiger partial charge >= 0.3 is 0 Å². The lowest BCUT2D eigenvalue weighted by atomic mass is 9.35. The van der Waals surface area contributed by atoms with Crippen LogP contribution >= 0.6 is 0 Å². The van der Waals surface area contributed by atoms with Crippen LogP contribution in [-0.2, 0) is 19.1 Å². The van der Waals surface area contributed by atoms with Gasteiger partial charge in [0, 0.05) is 11.3 Å². The van der Waals surface area contributed by atoms with Gasteiger partial charge in [-0.15, -0.1) is 0 Å². The van der Waals surface area contributed by atoms with Crippen molar-refractivity contribution < 1.29 is 29.3 Å².